The summed E-state index contributed by atoms with van der Waals surface area (Å²) >= 11 is 0. The van der Waals surface area contributed by atoms with Crippen LogP contribution >= 0.6 is 0 Å². The number of alkyl halides is 6. The standard InChI is InChI=1S/C11H9F6NO3/c1-3-21-9(19)7-5(10(12,13)14)4-6(20-2)18-8(7)11(15,16)17/h4H,3H2,1-2H3. The number of pyridine rings is 1. The van der Waals surface area contributed by atoms with Gasteiger partial charge in [-0.05, 0) is 6.92 Å². The molecule has 1 aromatic heterocycles. The molecule has 0 radical (unpaired) electrons. The Morgan fingerprint density at radius 1 is 1.19 bits per heavy atom. The van der Waals surface area contributed by atoms with Gasteiger partial charge in [-0.1, -0.05) is 0 Å². The van der Waals surface area contributed by atoms with Gasteiger partial charge in [-0.15, -0.1) is 0 Å². The van der Waals surface area contributed by atoms with E-state index in [1.165, 1.54) is 6.92 Å². The smallest absolute Gasteiger partial charge is 0.434 e. The van der Waals surface area contributed by atoms with Crippen LogP contribution in [0.5, 0.6) is 5.88 Å². The lowest BCUT2D eigenvalue weighted by atomic mass is 10.1. The zero-order valence-electron chi connectivity index (χ0n) is 10.7. The highest BCUT2D eigenvalue weighted by Gasteiger charge is 2.45. The lowest BCUT2D eigenvalue weighted by Crippen LogP contribution is -2.23. The number of carbonyl (C=O) groups is 1. The fraction of sp³-hybridized carbons (Fsp3) is 0.455. The van der Waals surface area contributed by atoms with Crippen molar-refractivity contribution < 1.29 is 40.6 Å². The lowest BCUT2D eigenvalue weighted by molar-refractivity contribution is -0.146. The van der Waals surface area contributed by atoms with Crippen molar-refractivity contribution in [1.29, 1.82) is 0 Å². The summed E-state index contributed by atoms with van der Waals surface area (Å²) in [5.74, 6) is -2.67. The summed E-state index contributed by atoms with van der Waals surface area (Å²) in [6, 6.07) is 0.210. The molecule has 0 spiro atoms. The number of methoxy groups -OCH3 is 1. The molecule has 0 saturated carbocycles. The van der Waals surface area contributed by atoms with Gasteiger partial charge >= 0.3 is 18.3 Å². The molecule has 1 heterocycles. The van der Waals surface area contributed by atoms with Crippen LogP contribution in [0, 0.1) is 0 Å². The summed E-state index contributed by atoms with van der Waals surface area (Å²) in [4.78, 5) is 14.4. The monoisotopic (exact) mass is 317 g/mol. The van der Waals surface area contributed by atoms with Gasteiger partial charge in [0, 0.05) is 6.07 Å². The van der Waals surface area contributed by atoms with Gasteiger partial charge in [-0.2, -0.15) is 26.3 Å². The van der Waals surface area contributed by atoms with Gasteiger partial charge in [0.25, 0.3) is 0 Å². The molecule has 1 rings (SSSR count). The van der Waals surface area contributed by atoms with E-state index in [1.54, 1.807) is 0 Å². The van der Waals surface area contributed by atoms with E-state index < -0.39 is 41.0 Å². The van der Waals surface area contributed by atoms with Crippen LogP contribution in [0.3, 0.4) is 0 Å². The molecule has 0 unspecified atom stereocenters. The molecule has 0 amide bonds. The number of hydrogen-bond acceptors (Lipinski definition) is 4. The molecule has 0 saturated heterocycles. The highest BCUT2D eigenvalue weighted by atomic mass is 19.4. The number of hydrogen-bond donors (Lipinski definition) is 0. The van der Waals surface area contributed by atoms with Crippen LogP contribution in [0.1, 0.15) is 28.5 Å². The summed E-state index contributed by atoms with van der Waals surface area (Å²) < 4.78 is 85.7. The summed E-state index contributed by atoms with van der Waals surface area (Å²) in [5, 5.41) is 0. The topological polar surface area (TPSA) is 48.4 Å². The number of aromatic nitrogens is 1. The van der Waals surface area contributed by atoms with Crippen LogP contribution in [-0.2, 0) is 17.1 Å². The molecule has 0 aliphatic carbocycles. The van der Waals surface area contributed by atoms with Gasteiger partial charge in [0.2, 0.25) is 5.88 Å². The number of rotatable bonds is 3. The van der Waals surface area contributed by atoms with Gasteiger partial charge in [-0.25, -0.2) is 9.78 Å². The Labute approximate surface area is 114 Å². The maximum Gasteiger partial charge on any atom is 0.434 e. The van der Waals surface area contributed by atoms with Gasteiger partial charge in [-0.3, -0.25) is 0 Å². The second-order valence-electron chi connectivity index (χ2n) is 3.65. The molecule has 1 aromatic rings. The maximum absolute atomic E-state index is 12.9. The fourth-order valence-corrected chi connectivity index (χ4v) is 1.46. The Morgan fingerprint density at radius 2 is 1.76 bits per heavy atom. The number of ether oxygens (including phenoxy) is 2. The minimum atomic E-state index is -5.28. The van der Waals surface area contributed by atoms with E-state index in [0.29, 0.717) is 0 Å². The first kappa shape index (κ1) is 17.1. The van der Waals surface area contributed by atoms with Crippen molar-refractivity contribution in [3.63, 3.8) is 0 Å². The SMILES string of the molecule is CCOC(=O)c1c(C(F)(F)F)cc(OC)nc1C(F)(F)F. The van der Waals surface area contributed by atoms with Crippen LogP contribution in [0.2, 0.25) is 0 Å². The minimum absolute atomic E-state index is 0.210. The van der Waals surface area contributed by atoms with Gasteiger partial charge in [0.15, 0.2) is 5.69 Å². The van der Waals surface area contributed by atoms with Crippen LogP contribution in [0.4, 0.5) is 26.3 Å². The molecule has 4 nitrogen and oxygen atoms in total. The summed E-state index contributed by atoms with van der Waals surface area (Å²) in [6.45, 7) is 0.856. The number of esters is 1. The first-order valence-corrected chi connectivity index (χ1v) is 5.42. The molecule has 10 heteroatoms. The quantitative estimate of drug-likeness (QED) is 0.634. The Kier molecular flexibility index (Phi) is 4.69. The molecule has 0 bridgehead atoms. The molecule has 0 N–H and O–H groups in total. The third-order valence-electron chi connectivity index (χ3n) is 2.26. The van der Waals surface area contributed by atoms with Gasteiger partial charge in [0.1, 0.15) is 5.56 Å². The van der Waals surface area contributed by atoms with Crippen molar-refractivity contribution in [2.75, 3.05) is 13.7 Å². The van der Waals surface area contributed by atoms with E-state index in [4.69, 9.17) is 0 Å². The van der Waals surface area contributed by atoms with E-state index in [2.05, 4.69) is 14.5 Å². The molecule has 0 aromatic carbocycles. The predicted molar refractivity (Wildman–Crippen MR) is 56.7 cm³/mol. The summed E-state index contributed by atoms with van der Waals surface area (Å²) in [6.07, 6.45) is -10.5. The molecule has 0 aliphatic rings. The predicted octanol–water partition coefficient (Wildman–Crippen LogP) is 3.30. The van der Waals surface area contributed by atoms with Crippen molar-refractivity contribution >= 4 is 5.97 Å². The second kappa shape index (κ2) is 5.78. The highest BCUT2D eigenvalue weighted by molar-refractivity contribution is 5.93. The molecule has 21 heavy (non-hydrogen) atoms. The Balaban J connectivity index is 3.72. The Morgan fingerprint density at radius 3 is 2.14 bits per heavy atom. The van der Waals surface area contributed by atoms with Gasteiger partial charge < -0.3 is 9.47 Å². The van der Waals surface area contributed by atoms with E-state index in [9.17, 15) is 31.1 Å². The van der Waals surface area contributed by atoms with Crippen LogP contribution < -0.4 is 4.74 Å². The third-order valence-corrected chi connectivity index (χ3v) is 2.26. The van der Waals surface area contributed by atoms with Crippen LogP contribution in [0.15, 0.2) is 6.07 Å². The number of carbonyl (C=O) groups excluding carboxylic acids is 1. The lowest BCUT2D eigenvalue weighted by Gasteiger charge is -2.17. The van der Waals surface area contributed by atoms with E-state index in [0.717, 1.165) is 7.11 Å². The first-order valence-electron chi connectivity index (χ1n) is 5.42. The molecular weight excluding hydrogens is 308 g/mol. The fourth-order valence-electron chi connectivity index (χ4n) is 1.46. The highest BCUT2D eigenvalue weighted by Crippen LogP contribution is 2.40. The first-order chi connectivity index (χ1) is 9.52. The maximum atomic E-state index is 12.9. The molecule has 0 fully saturated rings. The van der Waals surface area contributed by atoms with Crippen molar-refractivity contribution in [2.24, 2.45) is 0 Å². The largest absolute Gasteiger partial charge is 0.481 e. The van der Waals surface area contributed by atoms with E-state index in [1.807, 2.05) is 0 Å². The van der Waals surface area contributed by atoms with Crippen LogP contribution in [-0.4, -0.2) is 24.7 Å². The Hall–Kier alpha value is -2.00. The number of nitrogens with zero attached hydrogens (tertiary/aromatic N) is 1. The Bertz CT molecular complexity index is 503. The zero-order valence-corrected chi connectivity index (χ0v) is 10.7. The van der Waals surface area contributed by atoms with Gasteiger partial charge in [0.05, 0.1) is 19.3 Å². The minimum Gasteiger partial charge on any atom is -0.481 e. The third kappa shape index (κ3) is 3.76. The second-order valence-corrected chi connectivity index (χ2v) is 3.65. The van der Waals surface area contributed by atoms with Crippen molar-refractivity contribution in [2.45, 2.75) is 19.3 Å². The molecule has 0 aliphatic heterocycles. The molecule has 118 valence electrons. The average Bonchev–Trinajstić information content (AvgIpc) is 2.35. The average molecular weight is 317 g/mol. The summed E-state index contributed by atoms with van der Waals surface area (Å²) in [5.41, 5.74) is -5.51. The molecular formula is C11H9F6NO3. The van der Waals surface area contributed by atoms with E-state index in [-0.39, 0.29) is 12.7 Å². The van der Waals surface area contributed by atoms with Crippen molar-refractivity contribution in [1.82, 2.24) is 4.98 Å². The number of halogens is 6. The molecule has 0 atom stereocenters. The summed E-state index contributed by atoms with van der Waals surface area (Å²) in [7, 11) is 0.854. The van der Waals surface area contributed by atoms with E-state index >= 15 is 0 Å². The van der Waals surface area contributed by atoms with Crippen molar-refractivity contribution in [3.8, 4) is 5.88 Å². The van der Waals surface area contributed by atoms with Crippen molar-refractivity contribution in [3.05, 3.63) is 22.9 Å². The van der Waals surface area contributed by atoms with Crippen LogP contribution in [0.25, 0.3) is 0 Å². The zero-order chi connectivity index (χ0) is 16.4. The normalized spacial score (nSPS) is 12.2.